The number of benzene rings is 1. The van der Waals surface area contributed by atoms with Crippen molar-refractivity contribution in [3.8, 4) is 22.8 Å². The van der Waals surface area contributed by atoms with Gasteiger partial charge < -0.3 is 15.2 Å². The maximum absolute atomic E-state index is 10.9. The molecule has 1 heterocycles. The van der Waals surface area contributed by atoms with E-state index >= 15 is 0 Å². The molecule has 1 aromatic heterocycles. The fourth-order valence-electron chi connectivity index (χ4n) is 1.87. The first-order chi connectivity index (χ1) is 9.56. The Labute approximate surface area is 115 Å². The lowest BCUT2D eigenvalue weighted by Gasteiger charge is -2.12. The Hall–Kier alpha value is -2.83. The molecule has 0 bridgehead atoms. The van der Waals surface area contributed by atoms with Crippen LogP contribution in [0, 0.1) is 10.1 Å². The predicted octanol–water partition coefficient (Wildman–Crippen LogP) is 2.26. The van der Waals surface area contributed by atoms with Gasteiger partial charge in [-0.2, -0.15) is 0 Å². The van der Waals surface area contributed by atoms with Crippen molar-refractivity contribution in [2.45, 2.75) is 0 Å². The van der Waals surface area contributed by atoms with Crippen molar-refractivity contribution in [2.24, 2.45) is 0 Å². The third-order valence-electron chi connectivity index (χ3n) is 2.72. The van der Waals surface area contributed by atoms with Gasteiger partial charge in [0.1, 0.15) is 17.3 Å². The van der Waals surface area contributed by atoms with E-state index in [2.05, 4.69) is 4.98 Å². The highest BCUT2D eigenvalue weighted by atomic mass is 16.6. The first-order valence-electron chi connectivity index (χ1n) is 5.70. The Balaban J connectivity index is 2.70. The lowest BCUT2D eigenvalue weighted by Crippen LogP contribution is -1.99. The van der Waals surface area contributed by atoms with E-state index in [1.807, 2.05) is 0 Å². The molecular formula is C13H13N3O4. The average molecular weight is 275 g/mol. The van der Waals surface area contributed by atoms with E-state index in [1.165, 1.54) is 26.4 Å². The van der Waals surface area contributed by atoms with Crippen LogP contribution in [0.25, 0.3) is 11.3 Å². The third-order valence-corrected chi connectivity index (χ3v) is 2.72. The molecule has 0 saturated carbocycles. The van der Waals surface area contributed by atoms with Gasteiger partial charge in [0, 0.05) is 6.07 Å². The van der Waals surface area contributed by atoms with Crippen LogP contribution >= 0.6 is 0 Å². The monoisotopic (exact) mass is 275 g/mol. The maximum Gasteiger partial charge on any atom is 0.275 e. The summed E-state index contributed by atoms with van der Waals surface area (Å²) < 4.78 is 10.5. The SMILES string of the molecule is COc1cccc(OC)c1-c1cc([N+](=O)[O-])cc(N)n1. The summed E-state index contributed by atoms with van der Waals surface area (Å²) in [4.78, 5) is 14.5. The van der Waals surface area contributed by atoms with E-state index in [1.54, 1.807) is 18.2 Å². The number of nitro groups is 1. The van der Waals surface area contributed by atoms with E-state index in [4.69, 9.17) is 15.2 Å². The zero-order chi connectivity index (χ0) is 14.7. The van der Waals surface area contributed by atoms with Crippen LogP contribution in [0.2, 0.25) is 0 Å². The largest absolute Gasteiger partial charge is 0.496 e. The van der Waals surface area contributed by atoms with Crippen molar-refractivity contribution in [2.75, 3.05) is 20.0 Å². The van der Waals surface area contributed by atoms with Crippen LogP contribution < -0.4 is 15.2 Å². The van der Waals surface area contributed by atoms with Crippen LogP contribution in [-0.2, 0) is 0 Å². The highest BCUT2D eigenvalue weighted by Gasteiger charge is 2.18. The minimum absolute atomic E-state index is 0.0576. The van der Waals surface area contributed by atoms with E-state index in [9.17, 15) is 10.1 Å². The zero-order valence-electron chi connectivity index (χ0n) is 11.0. The molecule has 20 heavy (non-hydrogen) atoms. The minimum atomic E-state index is -0.524. The minimum Gasteiger partial charge on any atom is -0.496 e. The first-order valence-corrected chi connectivity index (χ1v) is 5.70. The van der Waals surface area contributed by atoms with Crippen molar-refractivity contribution in [3.05, 3.63) is 40.4 Å². The smallest absolute Gasteiger partial charge is 0.275 e. The van der Waals surface area contributed by atoms with E-state index in [0.717, 1.165) is 0 Å². The highest BCUT2D eigenvalue weighted by Crippen LogP contribution is 2.38. The molecule has 2 aromatic rings. The van der Waals surface area contributed by atoms with Gasteiger partial charge in [0.05, 0.1) is 36.5 Å². The summed E-state index contributed by atoms with van der Waals surface area (Å²) in [6.07, 6.45) is 0. The molecule has 1 aromatic carbocycles. The Morgan fingerprint density at radius 2 is 1.80 bits per heavy atom. The Kier molecular flexibility index (Phi) is 3.69. The molecule has 0 radical (unpaired) electrons. The lowest BCUT2D eigenvalue weighted by atomic mass is 10.1. The Morgan fingerprint density at radius 1 is 1.20 bits per heavy atom. The lowest BCUT2D eigenvalue weighted by molar-refractivity contribution is -0.384. The van der Waals surface area contributed by atoms with Crippen LogP contribution in [-0.4, -0.2) is 24.1 Å². The molecule has 0 aliphatic heterocycles. The predicted molar refractivity (Wildman–Crippen MR) is 73.8 cm³/mol. The third kappa shape index (κ3) is 2.46. The molecule has 0 aliphatic rings. The Bertz CT molecular complexity index is 636. The molecule has 2 rings (SSSR count). The summed E-state index contributed by atoms with van der Waals surface area (Å²) in [5.74, 6) is 1.05. The number of hydrogen-bond donors (Lipinski definition) is 1. The fraction of sp³-hybridized carbons (Fsp3) is 0.154. The van der Waals surface area contributed by atoms with E-state index in [-0.39, 0.29) is 11.5 Å². The maximum atomic E-state index is 10.9. The van der Waals surface area contributed by atoms with Crippen LogP contribution in [0.3, 0.4) is 0 Å². The second-order valence-electron chi connectivity index (χ2n) is 3.93. The number of aromatic nitrogens is 1. The molecule has 0 spiro atoms. The zero-order valence-corrected chi connectivity index (χ0v) is 11.0. The van der Waals surface area contributed by atoms with Crippen molar-refractivity contribution < 1.29 is 14.4 Å². The topological polar surface area (TPSA) is 101 Å². The second kappa shape index (κ2) is 5.43. The van der Waals surface area contributed by atoms with Crippen LogP contribution in [0.5, 0.6) is 11.5 Å². The number of nitrogens with two attached hydrogens (primary N) is 1. The van der Waals surface area contributed by atoms with Crippen molar-refractivity contribution >= 4 is 11.5 Å². The summed E-state index contributed by atoms with van der Waals surface area (Å²) in [5.41, 5.74) is 6.33. The van der Waals surface area contributed by atoms with Crippen molar-refractivity contribution in [1.29, 1.82) is 0 Å². The molecule has 0 aliphatic carbocycles. The van der Waals surface area contributed by atoms with Gasteiger partial charge >= 0.3 is 0 Å². The number of pyridine rings is 1. The van der Waals surface area contributed by atoms with E-state index in [0.29, 0.717) is 22.8 Å². The van der Waals surface area contributed by atoms with Gasteiger partial charge in [-0.1, -0.05) is 6.07 Å². The quantitative estimate of drug-likeness (QED) is 0.678. The molecule has 0 atom stereocenters. The van der Waals surface area contributed by atoms with Crippen LogP contribution in [0.4, 0.5) is 11.5 Å². The molecule has 2 N–H and O–H groups in total. The average Bonchev–Trinajstić information content (AvgIpc) is 2.45. The number of anilines is 1. The van der Waals surface area contributed by atoms with Crippen LogP contribution in [0.1, 0.15) is 0 Å². The van der Waals surface area contributed by atoms with Gasteiger partial charge in [-0.05, 0) is 12.1 Å². The second-order valence-corrected chi connectivity index (χ2v) is 3.93. The molecular weight excluding hydrogens is 262 g/mol. The molecule has 0 unspecified atom stereocenters. The van der Waals surface area contributed by atoms with Crippen molar-refractivity contribution in [3.63, 3.8) is 0 Å². The summed E-state index contributed by atoms with van der Waals surface area (Å²) in [6.45, 7) is 0. The number of nitrogen functional groups attached to an aromatic ring is 1. The fourth-order valence-corrected chi connectivity index (χ4v) is 1.87. The first kappa shape index (κ1) is 13.6. The van der Waals surface area contributed by atoms with Gasteiger partial charge in [-0.25, -0.2) is 4.98 Å². The summed E-state index contributed by atoms with van der Waals surface area (Å²) in [7, 11) is 3.00. The molecule has 7 heteroatoms. The number of ether oxygens (including phenoxy) is 2. The van der Waals surface area contributed by atoms with Gasteiger partial charge in [-0.3, -0.25) is 10.1 Å². The van der Waals surface area contributed by atoms with Gasteiger partial charge in [-0.15, -0.1) is 0 Å². The van der Waals surface area contributed by atoms with Gasteiger partial charge in [0.25, 0.3) is 5.69 Å². The molecule has 104 valence electrons. The number of nitrogens with zero attached hydrogens (tertiary/aromatic N) is 2. The molecule has 0 fully saturated rings. The number of rotatable bonds is 4. The van der Waals surface area contributed by atoms with Crippen molar-refractivity contribution in [1.82, 2.24) is 4.98 Å². The van der Waals surface area contributed by atoms with E-state index < -0.39 is 4.92 Å². The Morgan fingerprint density at radius 3 is 2.30 bits per heavy atom. The standard InChI is InChI=1S/C13H13N3O4/c1-19-10-4-3-5-11(20-2)13(10)9-6-8(16(17)18)7-12(14)15-9/h3-7H,1-2H3,(H2,14,15). The number of hydrogen-bond acceptors (Lipinski definition) is 6. The molecule has 0 amide bonds. The number of methoxy groups -OCH3 is 2. The summed E-state index contributed by atoms with van der Waals surface area (Å²) >= 11 is 0. The van der Waals surface area contributed by atoms with Crippen LogP contribution in [0.15, 0.2) is 30.3 Å². The summed E-state index contributed by atoms with van der Waals surface area (Å²) in [6, 6.07) is 7.72. The van der Waals surface area contributed by atoms with Gasteiger partial charge in [0.15, 0.2) is 0 Å². The highest BCUT2D eigenvalue weighted by molar-refractivity contribution is 5.76. The van der Waals surface area contributed by atoms with Gasteiger partial charge in [0.2, 0.25) is 0 Å². The molecule has 7 nitrogen and oxygen atoms in total. The summed E-state index contributed by atoms with van der Waals surface area (Å²) in [5, 5.41) is 10.9. The normalized spacial score (nSPS) is 10.1. The molecule has 0 saturated heterocycles.